The largest absolute Gasteiger partial charge is 0.496 e. The Morgan fingerprint density at radius 1 is 1.50 bits per heavy atom. The fourth-order valence-corrected chi connectivity index (χ4v) is 1.38. The van der Waals surface area contributed by atoms with Gasteiger partial charge >= 0.3 is 0 Å². The van der Waals surface area contributed by atoms with Crippen LogP contribution in [0.4, 0.5) is 0 Å². The van der Waals surface area contributed by atoms with Crippen LogP contribution in [0, 0.1) is 18.3 Å². The number of aryl methyl sites for hydroxylation is 1. The highest BCUT2D eigenvalue weighted by molar-refractivity contribution is 9.10. The Balaban J connectivity index is 3.28. The van der Waals surface area contributed by atoms with Crippen molar-refractivity contribution < 1.29 is 4.74 Å². The molecule has 3 heteroatoms. The van der Waals surface area contributed by atoms with Gasteiger partial charge < -0.3 is 4.74 Å². The molecule has 0 amide bonds. The van der Waals surface area contributed by atoms with E-state index >= 15 is 0 Å². The molecule has 12 heavy (non-hydrogen) atoms. The second-order valence-corrected chi connectivity index (χ2v) is 3.27. The number of rotatable bonds is 1. The fraction of sp³-hybridized carbons (Fsp3) is 0.222. The van der Waals surface area contributed by atoms with Gasteiger partial charge in [0.25, 0.3) is 0 Å². The van der Waals surface area contributed by atoms with Crippen molar-refractivity contribution in [2.24, 2.45) is 0 Å². The normalized spacial score (nSPS) is 9.17. The Labute approximate surface area is 79.9 Å². The Kier molecular flexibility index (Phi) is 2.72. The van der Waals surface area contributed by atoms with Gasteiger partial charge in [0, 0.05) is 4.47 Å². The maximum atomic E-state index is 8.69. The van der Waals surface area contributed by atoms with Crippen molar-refractivity contribution in [1.82, 2.24) is 0 Å². The predicted molar refractivity (Wildman–Crippen MR) is 50.1 cm³/mol. The molecule has 0 atom stereocenters. The number of halogens is 1. The number of nitriles is 1. The molecule has 0 aliphatic carbocycles. The molecule has 1 aromatic carbocycles. The molecule has 0 spiro atoms. The van der Waals surface area contributed by atoms with Crippen molar-refractivity contribution in [3.05, 3.63) is 27.7 Å². The van der Waals surface area contributed by atoms with E-state index in [1.807, 2.05) is 6.92 Å². The molecule has 0 aliphatic heterocycles. The van der Waals surface area contributed by atoms with E-state index in [0.717, 1.165) is 15.8 Å². The SMILES string of the molecule is COc1cc(Br)c(C#N)cc1C. The summed E-state index contributed by atoms with van der Waals surface area (Å²) in [7, 11) is 1.61. The second kappa shape index (κ2) is 3.59. The van der Waals surface area contributed by atoms with Crippen LogP contribution in [0.5, 0.6) is 5.75 Å². The van der Waals surface area contributed by atoms with Gasteiger partial charge in [-0.1, -0.05) is 0 Å². The molecule has 0 bridgehead atoms. The number of nitrogens with zero attached hydrogens (tertiary/aromatic N) is 1. The lowest BCUT2D eigenvalue weighted by Gasteiger charge is -2.05. The van der Waals surface area contributed by atoms with Crippen LogP contribution in [0.2, 0.25) is 0 Å². The molecule has 0 saturated carbocycles. The van der Waals surface area contributed by atoms with Gasteiger partial charge in [-0.25, -0.2) is 0 Å². The van der Waals surface area contributed by atoms with Crippen LogP contribution in [-0.4, -0.2) is 7.11 Å². The van der Waals surface area contributed by atoms with Crippen molar-refractivity contribution in [3.63, 3.8) is 0 Å². The highest BCUT2D eigenvalue weighted by Gasteiger charge is 2.04. The van der Waals surface area contributed by atoms with Crippen molar-refractivity contribution in [3.8, 4) is 11.8 Å². The molecular formula is C9H8BrNO. The van der Waals surface area contributed by atoms with Crippen LogP contribution < -0.4 is 4.74 Å². The van der Waals surface area contributed by atoms with Gasteiger partial charge in [-0.2, -0.15) is 5.26 Å². The van der Waals surface area contributed by atoms with Crippen LogP contribution in [0.25, 0.3) is 0 Å². The molecule has 0 heterocycles. The molecule has 1 aromatic rings. The molecule has 0 fully saturated rings. The summed E-state index contributed by atoms with van der Waals surface area (Å²) >= 11 is 3.28. The van der Waals surface area contributed by atoms with Crippen LogP contribution in [-0.2, 0) is 0 Å². The van der Waals surface area contributed by atoms with Crippen LogP contribution >= 0.6 is 15.9 Å². The van der Waals surface area contributed by atoms with Crippen LogP contribution in [0.15, 0.2) is 16.6 Å². The maximum absolute atomic E-state index is 8.69. The summed E-state index contributed by atoms with van der Waals surface area (Å²) in [5, 5.41) is 8.69. The third kappa shape index (κ3) is 1.59. The molecule has 2 nitrogen and oxygen atoms in total. The first-order chi connectivity index (χ1) is 5.69. The average Bonchev–Trinajstić information content (AvgIpc) is 2.08. The quantitative estimate of drug-likeness (QED) is 0.737. The zero-order valence-corrected chi connectivity index (χ0v) is 8.47. The highest BCUT2D eigenvalue weighted by atomic mass is 79.9. The second-order valence-electron chi connectivity index (χ2n) is 2.41. The molecule has 0 aliphatic rings. The van der Waals surface area contributed by atoms with E-state index in [4.69, 9.17) is 10.00 Å². The number of hydrogen-bond donors (Lipinski definition) is 0. The van der Waals surface area contributed by atoms with Crippen molar-refractivity contribution in [2.45, 2.75) is 6.92 Å². The Bertz CT molecular complexity index is 340. The van der Waals surface area contributed by atoms with Gasteiger partial charge in [0.15, 0.2) is 0 Å². The average molecular weight is 226 g/mol. The summed E-state index contributed by atoms with van der Waals surface area (Å²) in [6.07, 6.45) is 0. The first kappa shape index (κ1) is 9.08. The summed E-state index contributed by atoms with van der Waals surface area (Å²) in [6, 6.07) is 5.68. The minimum absolute atomic E-state index is 0.633. The molecule has 0 N–H and O–H groups in total. The molecule has 0 unspecified atom stereocenters. The van der Waals surface area contributed by atoms with E-state index in [9.17, 15) is 0 Å². The summed E-state index contributed by atoms with van der Waals surface area (Å²) < 4.78 is 5.86. The Morgan fingerprint density at radius 3 is 2.67 bits per heavy atom. The molecule has 0 radical (unpaired) electrons. The standard InChI is InChI=1S/C9H8BrNO/c1-6-3-7(5-11)8(10)4-9(6)12-2/h3-4H,1-2H3. The topological polar surface area (TPSA) is 33.0 Å². The number of hydrogen-bond acceptors (Lipinski definition) is 2. The van der Waals surface area contributed by atoms with Crippen LogP contribution in [0.3, 0.4) is 0 Å². The first-order valence-corrected chi connectivity index (χ1v) is 4.22. The maximum Gasteiger partial charge on any atom is 0.122 e. The van der Waals surface area contributed by atoms with E-state index in [1.165, 1.54) is 0 Å². The third-order valence-corrected chi connectivity index (χ3v) is 2.26. The summed E-state index contributed by atoms with van der Waals surface area (Å²) in [5.41, 5.74) is 1.60. The van der Waals surface area contributed by atoms with Crippen LogP contribution in [0.1, 0.15) is 11.1 Å². The lowest BCUT2D eigenvalue weighted by Crippen LogP contribution is -1.88. The number of ether oxygens (including phenoxy) is 1. The van der Waals surface area contributed by atoms with Crippen molar-refractivity contribution in [1.29, 1.82) is 5.26 Å². The molecular weight excluding hydrogens is 218 g/mol. The van der Waals surface area contributed by atoms with Gasteiger partial charge in [-0.05, 0) is 40.5 Å². The van der Waals surface area contributed by atoms with E-state index < -0.39 is 0 Å². The summed E-state index contributed by atoms with van der Waals surface area (Å²) in [5.74, 6) is 0.792. The summed E-state index contributed by atoms with van der Waals surface area (Å²) in [4.78, 5) is 0. The fourth-order valence-electron chi connectivity index (χ4n) is 0.969. The van der Waals surface area contributed by atoms with E-state index in [-0.39, 0.29) is 0 Å². The lowest BCUT2D eigenvalue weighted by atomic mass is 10.1. The molecule has 0 saturated heterocycles. The minimum atomic E-state index is 0.633. The minimum Gasteiger partial charge on any atom is -0.496 e. The number of methoxy groups -OCH3 is 1. The molecule has 0 aromatic heterocycles. The Hall–Kier alpha value is -1.01. The van der Waals surface area contributed by atoms with Gasteiger partial charge in [0.05, 0.1) is 12.7 Å². The third-order valence-electron chi connectivity index (χ3n) is 1.60. The van der Waals surface area contributed by atoms with Crippen molar-refractivity contribution in [2.75, 3.05) is 7.11 Å². The predicted octanol–water partition coefficient (Wildman–Crippen LogP) is 2.64. The van der Waals surface area contributed by atoms with Crippen molar-refractivity contribution >= 4 is 15.9 Å². The zero-order chi connectivity index (χ0) is 9.14. The van der Waals surface area contributed by atoms with Gasteiger partial charge in [-0.15, -0.1) is 0 Å². The Morgan fingerprint density at radius 2 is 2.17 bits per heavy atom. The van der Waals surface area contributed by atoms with E-state index in [2.05, 4.69) is 22.0 Å². The van der Waals surface area contributed by atoms with Gasteiger partial charge in [-0.3, -0.25) is 0 Å². The van der Waals surface area contributed by atoms with Gasteiger partial charge in [0.1, 0.15) is 11.8 Å². The molecule has 62 valence electrons. The van der Waals surface area contributed by atoms with Gasteiger partial charge in [0.2, 0.25) is 0 Å². The highest BCUT2D eigenvalue weighted by Crippen LogP contribution is 2.26. The monoisotopic (exact) mass is 225 g/mol. The van der Waals surface area contributed by atoms with E-state index in [0.29, 0.717) is 5.56 Å². The van der Waals surface area contributed by atoms with E-state index in [1.54, 1.807) is 19.2 Å². The summed E-state index contributed by atoms with van der Waals surface area (Å²) in [6.45, 7) is 1.91. The number of benzene rings is 1. The lowest BCUT2D eigenvalue weighted by molar-refractivity contribution is 0.411. The smallest absolute Gasteiger partial charge is 0.122 e. The zero-order valence-electron chi connectivity index (χ0n) is 6.89. The molecule has 1 rings (SSSR count). The first-order valence-electron chi connectivity index (χ1n) is 3.43.